The van der Waals surface area contributed by atoms with E-state index in [9.17, 15) is 0 Å². The standard InChI is InChI=1S/C15H20ClN3/c1-9-6-7-11(8-10(9)2)19-14-12(16)4-3-5-13(14)18-15(19)17/h3-5,9-11H,6-8H2,1-2H3,(H2,17,18). The van der Waals surface area contributed by atoms with E-state index in [2.05, 4.69) is 23.4 Å². The fraction of sp³-hybridized carbons (Fsp3) is 0.533. The van der Waals surface area contributed by atoms with E-state index < -0.39 is 0 Å². The van der Waals surface area contributed by atoms with Gasteiger partial charge in [-0.2, -0.15) is 0 Å². The fourth-order valence-electron chi connectivity index (χ4n) is 3.25. The maximum Gasteiger partial charge on any atom is 0.201 e. The van der Waals surface area contributed by atoms with Crippen LogP contribution in [0.2, 0.25) is 5.02 Å². The highest BCUT2D eigenvalue weighted by Crippen LogP contribution is 2.40. The molecule has 19 heavy (non-hydrogen) atoms. The molecular formula is C15H20ClN3. The largest absolute Gasteiger partial charge is 0.369 e. The number of nitrogen functional groups attached to an aromatic ring is 1. The van der Waals surface area contributed by atoms with E-state index in [4.69, 9.17) is 17.3 Å². The number of nitrogens with two attached hydrogens (primary N) is 1. The topological polar surface area (TPSA) is 43.8 Å². The normalized spacial score (nSPS) is 27.8. The van der Waals surface area contributed by atoms with Crippen molar-refractivity contribution in [1.82, 2.24) is 9.55 Å². The number of imidazole rings is 1. The lowest BCUT2D eigenvalue weighted by atomic mass is 9.79. The minimum absolute atomic E-state index is 0.427. The van der Waals surface area contributed by atoms with Crippen molar-refractivity contribution in [3.8, 4) is 0 Å². The highest BCUT2D eigenvalue weighted by molar-refractivity contribution is 6.35. The molecule has 1 aliphatic rings. The Labute approximate surface area is 118 Å². The molecule has 0 aliphatic heterocycles. The summed E-state index contributed by atoms with van der Waals surface area (Å²) in [4.78, 5) is 4.45. The van der Waals surface area contributed by atoms with Gasteiger partial charge in [-0.1, -0.05) is 31.5 Å². The van der Waals surface area contributed by atoms with Gasteiger partial charge in [0.2, 0.25) is 5.95 Å². The van der Waals surface area contributed by atoms with Gasteiger partial charge in [0, 0.05) is 6.04 Å². The second-order valence-corrected chi connectivity index (χ2v) is 6.28. The average Bonchev–Trinajstić information content (AvgIpc) is 2.70. The van der Waals surface area contributed by atoms with Crippen molar-refractivity contribution in [3.63, 3.8) is 0 Å². The molecule has 3 atom stereocenters. The molecule has 3 nitrogen and oxygen atoms in total. The van der Waals surface area contributed by atoms with Crippen LogP contribution in [0.5, 0.6) is 0 Å². The summed E-state index contributed by atoms with van der Waals surface area (Å²) in [7, 11) is 0. The number of rotatable bonds is 1. The molecule has 1 aromatic carbocycles. The Morgan fingerprint density at radius 2 is 2.05 bits per heavy atom. The minimum Gasteiger partial charge on any atom is -0.369 e. The molecule has 1 aliphatic carbocycles. The van der Waals surface area contributed by atoms with Crippen LogP contribution in [0, 0.1) is 11.8 Å². The zero-order chi connectivity index (χ0) is 13.6. The van der Waals surface area contributed by atoms with Crippen LogP contribution in [0.1, 0.15) is 39.2 Å². The van der Waals surface area contributed by atoms with E-state index in [0.29, 0.717) is 12.0 Å². The smallest absolute Gasteiger partial charge is 0.201 e. The lowest BCUT2D eigenvalue weighted by molar-refractivity contribution is 0.215. The molecule has 0 bridgehead atoms. The van der Waals surface area contributed by atoms with Crippen molar-refractivity contribution in [2.75, 3.05) is 5.73 Å². The molecule has 0 saturated heterocycles. The second-order valence-electron chi connectivity index (χ2n) is 5.87. The van der Waals surface area contributed by atoms with Crippen LogP contribution in [0.25, 0.3) is 11.0 Å². The summed E-state index contributed by atoms with van der Waals surface area (Å²) in [6, 6.07) is 6.24. The number of aromatic nitrogens is 2. The lowest BCUT2D eigenvalue weighted by Crippen LogP contribution is -2.24. The summed E-state index contributed by atoms with van der Waals surface area (Å²) in [5.74, 6) is 2.11. The number of anilines is 1. The third-order valence-corrected chi connectivity index (χ3v) is 4.93. The van der Waals surface area contributed by atoms with Gasteiger partial charge in [-0.3, -0.25) is 0 Å². The Balaban J connectivity index is 2.07. The number of halogens is 1. The Bertz CT molecular complexity index is 605. The van der Waals surface area contributed by atoms with Crippen LogP contribution in [0.3, 0.4) is 0 Å². The second kappa shape index (κ2) is 4.71. The van der Waals surface area contributed by atoms with Crippen LogP contribution in [0.15, 0.2) is 18.2 Å². The number of hydrogen-bond donors (Lipinski definition) is 1. The summed E-state index contributed by atoms with van der Waals surface area (Å²) < 4.78 is 2.15. The molecule has 2 aromatic rings. The number of para-hydroxylation sites is 1. The van der Waals surface area contributed by atoms with Crippen LogP contribution in [-0.4, -0.2) is 9.55 Å². The van der Waals surface area contributed by atoms with Gasteiger partial charge < -0.3 is 10.3 Å². The van der Waals surface area contributed by atoms with Gasteiger partial charge in [0.25, 0.3) is 0 Å². The molecular weight excluding hydrogens is 258 g/mol. The fourth-order valence-corrected chi connectivity index (χ4v) is 3.51. The minimum atomic E-state index is 0.427. The van der Waals surface area contributed by atoms with Crippen LogP contribution in [-0.2, 0) is 0 Å². The third-order valence-electron chi connectivity index (χ3n) is 4.62. The highest BCUT2D eigenvalue weighted by Gasteiger charge is 2.28. The van der Waals surface area contributed by atoms with Crippen molar-refractivity contribution in [2.45, 2.75) is 39.2 Å². The van der Waals surface area contributed by atoms with Crippen LogP contribution in [0.4, 0.5) is 5.95 Å². The molecule has 3 unspecified atom stereocenters. The molecule has 102 valence electrons. The van der Waals surface area contributed by atoms with Crippen LogP contribution >= 0.6 is 11.6 Å². The summed E-state index contributed by atoms with van der Waals surface area (Å²) in [6.45, 7) is 4.66. The molecule has 1 aromatic heterocycles. The van der Waals surface area contributed by atoms with Gasteiger partial charge in [-0.15, -0.1) is 0 Å². The Kier molecular flexibility index (Phi) is 3.17. The predicted molar refractivity (Wildman–Crippen MR) is 80.4 cm³/mol. The van der Waals surface area contributed by atoms with E-state index in [0.717, 1.165) is 40.7 Å². The first kappa shape index (κ1) is 12.8. The SMILES string of the molecule is CC1CCC(n2c(N)nc3cccc(Cl)c32)CC1C. The molecule has 0 radical (unpaired) electrons. The van der Waals surface area contributed by atoms with Gasteiger partial charge in [0.15, 0.2) is 0 Å². The van der Waals surface area contributed by atoms with E-state index in [1.54, 1.807) is 0 Å². The van der Waals surface area contributed by atoms with Crippen LogP contribution < -0.4 is 5.73 Å². The maximum absolute atomic E-state index is 6.34. The highest BCUT2D eigenvalue weighted by atomic mass is 35.5. The summed E-state index contributed by atoms with van der Waals surface area (Å²) in [5.41, 5.74) is 8.02. The van der Waals surface area contributed by atoms with Crippen molar-refractivity contribution < 1.29 is 0 Å². The summed E-state index contributed by atoms with van der Waals surface area (Å²) in [5, 5.41) is 0.743. The first-order valence-electron chi connectivity index (χ1n) is 7.00. The molecule has 2 N–H and O–H groups in total. The van der Waals surface area contributed by atoms with E-state index in [-0.39, 0.29) is 0 Å². The zero-order valence-electron chi connectivity index (χ0n) is 11.4. The lowest BCUT2D eigenvalue weighted by Gasteiger charge is -2.33. The maximum atomic E-state index is 6.34. The Morgan fingerprint density at radius 1 is 1.26 bits per heavy atom. The first-order valence-corrected chi connectivity index (χ1v) is 7.37. The van der Waals surface area contributed by atoms with Gasteiger partial charge in [-0.25, -0.2) is 4.98 Å². The Morgan fingerprint density at radius 3 is 2.79 bits per heavy atom. The number of nitrogens with zero attached hydrogens (tertiary/aromatic N) is 2. The number of hydrogen-bond acceptors (Lipinski definition) is 2. The Hall–Kier alpha value is -1.22. The number of benzene rings is 1. The molecule has 1 heterocycles. The third kappa shape index (κ3) is 2.10. The van der Waals surface area contributed by atoms with Gasteiger partial charge >= 0.3 is 0 Å². The zero-order valence-corrected chi connectivity index (χ0v) is 12.2. The molecule has 3 rings (SSSR count). The number of fused-ring (bicyclic) bond motifs is 1. The summed E-state index contributed by atoms with van der Waals surface area (Å²) in [6.07, 6.45) is 3.56. The molecule has 0 spiro atoms. The van der Waals surface area contributed by atoms with Gasteiger partial charge in [0.05, 0.1) is 16.1 Å². The van der Waals surface area contributed by atoms with Crippen molar-refractivity contribution in [1.29, 1.82) is 0 Å². The molecule has 1 fully saturated rings. The van der Waals surface area contributed by atoms with Crippen molar-refractivity contribution in [2.24, 2.45) is 11.8 Å². The summed E-state index contributed by atoms with van der Waals surface area (Å²) >= 11 is 6.34. The van der Waals surface area contributed by atoms with E-state index >= 15 is 0 Å². The van der Waals surface area contributed by atoms with Gasteiger partial charge in [-0.05, 0) is 43.2 Å². The first-order chi connectivity index (χ1) is 9.08. The average molecular weight is 278 g/mol. The molecule has 4 heteroatoms. The monoisotopic (exact) mass is 277 g/mol. The van der Waals surface area contributed by atoms with E-state index in [1.807, 2.05) is 18.2 Å². The molecule has 0 amide bonds. The van der Waals surface area contributed by atoms with Crippen molar-refractivity contribution >= 4 is 28.6 Å². The quantitative estimate of drug-likeness (QED) is 0.846. The van der Waals surface area contributed by atoms with E-state index in [1.165, 1.54) is 6.42 Å². The predicted octanol–water partition coefficient (Wildman–Crippen LogP) is 4.27. The van der Waals surface area contributed by atoms with Crippen molar-refractivity contribution in [3.05, 3.63) is 23.2 Å². The van der Waals surface area contributed by atoms with Gasteiger partial charge in [0.1, 0.15) is 0 Å². The molecule has 1 saturated carbocycles.